The molecule has 0 heterocycles. The number of hydrogen-bond donors (Lipinski definition) is 0. The Hall–Kier alpha value is -1.18. The standard InChI is InChI=1S/C15H22O2/c1-11-6-5-7-13(16)12(2)10-15(3,4)9-8-14(11)17/h8-11H,5-7H2,1-4H3/b9-8+,12-10-/t11-/m1/s1. The van der Waals surface area contributed by atoms with Crippen LogP contribution in [0.5, 0.6) is 0 Å². The zero-order valence-electron chi connectivity index (χ0n) is 11.2. The molecule has 17 heavy (non-hydrogen) atoms. The maximum absolute atomic E-state index is 11.8. The van der Waals surface area contributed by atoms with E-state index in [-0.39, 0.29) is 22.9 Å². The van der Waals surface area contributed by atoms with Crippen molar-refractivity contribution < 1.29 is 9.59 Å². The Kier molecular flexibility index (Phi) is 4.44. The molecule has 0 aromatic rings. The van der Waals surface area contributed by atoms with Gasteiger partial charge in [0.25, 0.3) is 0 Å². The van der Waals surface area contributed by atoms with Gasteiger partial charge < -0.3 is 0 Å². The Labute approximate surface area is 104 Å². The van der Waals surface area contributed by atoms with Crippen molar-refractivity contribution in [3.8, 4) is 0 Å². The van der Waals surface area contributed by atoms with Crippen LogP contribution in [0.2, 0.25) is 0 Å². The van der Waals surface area contributed by atoms with Crippen LogP contribution in [0.4, 0.5) is 0 Å². The predicted octanol–water partition coefficient (Wildman–Crippen LogP) is 3.47. The fraction of sp³-hybridized carbons (Fsp3) is 0.600. The lowest BCUT2D eigenvalue weighted by Gasteiger charge is -2.16. The first-order chi connectivity index (χ1) is 7.82. The Morgan fingerprint density at radius 2 is 1.94 bits per heavy atom. The molecular formula is C15H22O2. The molecule has 0 unspecified atom stereocenters. The molecule has 0 aromatic carbocycles. The van der Waals surface area contributed by atoms with Crippen molar-refractivity contribution >= 4 is 11.6 Å². The monoisotopic (exact) mass is 234 g/mol. The third kappa shape index (κ3) is 4.29. The van der Waals surface area contributed by atoms with Gasteiger partial charge in [-0.3, -0.25) is 9.59 Å². The molecule has 1 aliphatic rings. The minimum atomic E-state index is -0.237. The highest BCUT2D eigenvalue weighted by molar-refractivity contribution is 5.95. The number of rotatable bonds is 0. The zero-order chi connectivity index (χ0) is 13.1. The maximum Gasteiger partial charge on any atom is 0.158 e. The molecule has 2 nitrogen and oxygen atoms in total. The average molecular weight is 234 g/mol. The first kappa shape index (κ1) is 13.9. The molecule has 0 saturated heterocycles. The number of hydrogen-bond acceptors (Lipinski definition) is 2. The van der Waals surface area contributed by atoms with Crippen molar-refractivity contribution in [1.82, 2.24) is 0 Å². The van der Waals surface area contributed by atoms with Crippen LogP contribution in [0.25, 0.3) is 0 Å². The van der Waals surface area contributed by atoms with Gasteiger partial charge in [-0.1, -0.05) is 32.9 Å². The van der Waals surface area contributed by atoms with E-state index in [0.717, 1.165) is 18.4 Å². The van der Waals surface area contributed by atoms with Crippen molar-refractivity contribution in [2.45, 2.75) is 47.0 Å². The minimum Gasteiger partial charge on any atom is -0.295 e. The highest BCUT2D eigenvalue weighted by Gasteiger charge is 2.18. The second-order valence-corrected chi connectivity index (χ2v) is 5.60. The van der Waals surface area contributed by atoms with Crippen LogP contribution < -0.4 is 0 Å². The minimum absolute atomic E-state index is 0.0215. The molecular weight excluding hydrogens is 212 g/mol. The third-order valence-corrected chi connectivity index (χ3v) is 3.23. The van der Waals surface area contributed by atoms with Crippen LogP contribution in [0.1, 0.15) is 47.0 Å². The van der Waals surface area contributed by atoms with Gasteiger partial charge in [-0.15, -0.1) is 0 Å². The van der Waals surface area contributed by atoms with Crippen LogP contribution in [0, 0.1) is 11.3 Å². The summed E-state index contributed by atoms with van der Waals surface area (Å²) in [5.74, 6) is 0.389. The lowest BCUT2D eigenvalue weighted by atomic mass is 9.89. The summed E-state index contributed by atoms with van der Waals surface area (Å²) in [4.78, 5) is 23.6. The normalized spacial score (nSPS) is 31.3. The van der Waals surface area contributed by atoms with E-state index in [0.29, 0.717) is 6.42 Å². The van der Waals surface area contributed by atoms with Gasteiger partial charge in [0.15, 0.2) is 11.6 Å². The van der Waals surface area contributed by atoms with Crippen LogP contribution in [0.15, 0.2) is 23.8 Å². The molecule has 1 atom stereocenters. The second kappa shape index (κ2) is 5.44. The number of ketones is 2. The summed E-state index contributed by atoms with van der Waals surface area (Å²) < 4.78 is 0. The van der Waals surface area contributed by atoms with Crippen LogP contribution >= 0.6 is 0 Å². The summed E-state index contributed by atoms with van der Waals surface area (Å²) in [6.07, 6.45) is 7.66. The maximum atomic E-state index is 11.8. The molecule has 2 heteroatoms. The van der Waals surface area contributed by atoms with E-state index >= 15 is 0 Å². The highest BCUT2D eigenvalue weighted by atomic mass is 16.1. The lowest BCUT2D eigenvalue weighted by Crippen LogP contribution is -2.09. The average Bonchev–Trinajstić information content (AvgIpc) is 2.24. The summed E-state index contributed by atoms with van der Waals surface area (Å²) in [5, 5.41) is 0. The van der Waals surface area contributed by atoms with Crippen molar-refractivity contribution in [3.05, 3.63) is 23.8 Å². The molecule has 0 amide bonds. The largest absolute Gasteiger partial charge is 0.295 e. The van der Waals surface area contributed by atoms with Gasteiger partial charge in [0, 0.05) is 17.8 Å². The lowest BCUT2D eigenvalue weighted by molar-refractivity contribution is -0.119. The molecule has 0 aliphatic heterocycles. The van der Waals surface area contributed by atoms with E-state index in [9.17, 15) is 9.59 Å². The smallest absolute Gasteiger partial charge is 0.158 e. The van der Waals surface area contributed by atoms with Gasteiger partial charge in [0.2, 0.25) is 0 Å². The Morgan fingerprint density at radius 1 is 1.29 bits per heavy atom. The quantitative estimate of drug-likeness (QED) is 0.643. The van der Waals surface area contributed by atoms with Gasteiger partial charge in [0.05, 0.1) is 0 Å². The van der Waals surface area contributed by atoms with E-state index in [1.807, 2.05) is 39.8 Å². The summed E-state index contributed by atoms with van der Waals surface area (Å²) in [6.45, 7) is 7.82. The second-order valence-electron chi connectivity index (χ2n) is 5.60. The molecule has 1 rings (SSSR count). The number of Topliss-reactive ketones (excluding diaryl/α,β-unsaturated/α-hetero) is 1. The topological polar surface area (TPSA) is 34.1 Å². The van der Waals surface area contributed by atoms with E-state index in [1.54, 1.807) is 6.08 Å². The Morgan fingerprint density at radius 3 is 2.59 bits per heavy atom. The molecule has 0 bridgehead atoms. The van der Waals surface area contributed by atoms with E-state index in [1.165, 1.54) is 0 Å². The van der Waals surface area contributed by atoms with Crippen LogP contribution in [-0.2, 0) is 9.59 Å². The summed E-state index contributed by atoms with van der Waals surface area (Å²) in [7, 11) is 0. The molecule has 0 fully saturated rings. The van der Waals surface area contributed by atoms with Crippen molar-refractivity contribution in [3.63, 3.8) is 0 Å². The van der Waals surface area contributed by atoms with E-state index < -0.39 is 0 Å². The third-order valence-electron chi connectivity index (χ3n) is 3.23. The molecule has 94 valence electrons. The number of carbonyl (C=O) groups excluding carboxylic acids is 2. The fourth-order valence-electron chi connectivity index (χ4n) is 2.06. The Balaban J connectivity index is 3.00. The van der Waals surface area contributed by atoms with Crippen LogP contribution in [0.3, 0.4) is 0 Å². The molecule has 0 saturated carbocycles. The molecule has 0 spiro atoms. The molecule has 1 aliphatic carbocycles. The summed E-state index contributed by atoms with van der Waals surface area (Å²) >= 11 is 0. The van der Waals surface area contributed by atoms with Gasteiger partial charge >= 0.3 is 0 Å². The van der Waals surface area contributed by atoms with Crippen LogP contribution in [-0.4, -0.2) is 11.6 Å². The van der Waals surface area contributed by atoms with Gasteiger partial charge in [-0.25, -0.2) is 0 Å². The number of allylic oxidation sites excluding steroid dienone is 4. The predicted molar refractivity (Wildman–Crippen MR) is 69.7 cm³/mol. The fourth-order valence-corrected chi connectivity index (χ4v) is 2.06. The van der Waals surface area contributed by atoms with E-state index in [4.69, 9.17) is 0 Å². The SMILES string of the molecule is C/C1=C/C(C)(C)/C=C/C(=O)[C@H](C)CCCC1=O. The molecule has 0 N–H and O–H groups in total. The number of carbonyl (C=O) groups is 2. The Bertz CT molecular complexity index is 370. The van der Waals surface area contributed by atoms with Crippen molar-refractivity contribution in [1.29, 1.82) is 0 Å². The van der Waals surface area contributed by atoms with E-state index in [2.05, 4.69) is 0 Å². The molecule has 0 aromatic heterocycles. The molecule has 0 radical (unpaired) electrons. The highest BCUT2D eigenvalue weighted by Crippen LogP contribution is 2.24. The van der Waals surface area contributed by atoms with Gasteiger partial charge in [-0.2, -0.15) is 0 Å². The first-order valence-corrected chi connectivity index (χ1v) is 6.27. The summed E-state index contributed by atoms with van der Waals surface area (Å²) in [5.41, 5.74) is 0.570. The van der Waals surface area contributed by atoms with Gasteiger partial charge in [-0.05, 0) is 31.4 Å². The van der Waals surface area contributed by atoms with Gasteiger partial charge in [0.1, 0.15) is 0 Å². The summed E-state index contributed by atoms with van der Waals surface area (Å²) in [6, 6.07) is 0. The van der Waals surface area contributed by atoms with Crippen molar-refractivity contribution in [2.24, 2.45) is 11.3 Å². The van der Waals surface area contributed by atoms with Crippen molar-refractivity contribution in [2.75, 3.05) is 0 Å². The zero-order valence-corrected chi connectivity index (χ0v) is 11.2. The first-order valence-electron chi connectivity index (χ1n) is 6.27.